The summed E-state index contributed by atoms with van der Waals surface area (Å²) < 4.78 is 0.722. The van der Waals surface area contributed by atoms with Crippen molar-refractivity contribution in [3.63, 3.8) is 0 Å². The molecule has 0 spiro atoms. The molecular formula is C20H19ClN2OS. The van der Waals surface area contributed by atoms with Gasteiger partial charge in [0, 0.05) is 34.8 Å². The third kappa shape index (κ3) is 3.12. The van der Waals surface area contributed by atoms with Gasteiger partial charge in [0.1, 0.15) is 0 Å². The molecule has 1 aliphatic rings. The highest BCUT2D eigenvalue weighted by molar-refractivity contribution is 7.19. The van der Waals surface area contributed by atoms with E-state index < -0.39 is 0 Å². The summed E-state index contributed by atoms with van der Waals surface area (Å²) in [7, 11) is 0. The van der Waals surface area contributed by atoms with E-state index in [1.54, 1.807) is 6.20 Å². The average molecular weight is 371 g/mol. The van der Waals surface area contributed by atoms with Crippen LogP contribution in [-0.2, 0) is 5.41 Å². The zero-order valence-corrected chi connectivity index (χ0v) is 15.3. The van der Waals surface area contributed by atoms with Crippen LogP contribution in [0, 0.1) is 0 Å². The number of aromatic nitrogens is 1. The Morgan fingerprint density at radius 1 is 1.16 bits per heavy atom. The number of nitrogens with one attached hydrogen (secondary N) is 2. The Bertz CT molecular complexity index is 880. The summed E-state index contributed by atoms with van der Waals surface area (Å²) in [5, 5.41) is 3.16. The van der Waals surface area contributed by atoms with Crippen molar-refractivity contribution < 1.29 is 4.79 Å². The zero-order chi connectivity index (χ0) is 17.3. The number of carbonyl (C=O) groups is 1. The van der Waals surface area contributed by atoms with E-state index in [1.165, 1.54) is 23.3 Å². The van der Waals surface area contributed by atoms with Crippen LogP contribution in [0.2, 0.25) is 4.34 Å². The zero-order valence-electron chi connectivity index (χ0n) is 13.7. The van der Waals surface area contributed by atoms with Gasteiger partial charge in [-0.25, -0.2) is 0 Å². The van der Waals surface area contributed by atoms with Gasteiger partial charge in [0.2, 0.25) is 0 Å². The lowest BCUT2D eigenvalue weighted by Crippen LogP contribution is -2.45. The molecule has 1 aliphatic carbocycles. The predicted molar refractivity (Wildman–Crippen MR) is 103 cm³/mol. The first-order valence-electron chi connectivity index (χ1n) is 8.44. The van der Waals surface area contributed by atoms with Crippen molar-refractivity contribution in [1.29, 1.82) is 0 Å². The van der Waals surface area contributed by atoms with E-state index in [0.717, 1.165) is 27.6 Å². The molecule has 2 N–H and O–H groups in total. The molecule has 1 fully saturated rings. The quantitative estimate of drug-likeness (QED) is 0.633. The highest BCUT2D eigenvalue weighted by atomic mass is 35.5. The lowest BCUT2D eigenvalue weighted by molar-refractivity contribution is 0.0928. The van der Waals surface area contributed by atoms with Gasteiger partial charge in [0.15, 0.2) is 0 Å². The third-order valence-corrected chi connectivity index (χ3v) is 6.38. The molecule has 0 unspecified atom stereocenters. The second-order valence-electron chi connectivity index (χ2n) is 6.57. The Balaban J connectivity index is 1.51. The second-order valence-corrected chi connectivity index (χ2v) is 8.28. The summed E-state index contributed by atoms with van der Waals surface area (Å²) in [6.07, 6.45) is 7.07. The van der Waals surface area contributed by atoms with Gasteiger partial charge >= 0.3 is 0 Å². The van der Waals surface area contributed by atoms with Crippen molar-refractivity contribution >= 4 is 28.8 Å². The van der Waals surface area contributed by atoms with E-state index in [2.05, 4.69) is 34.6 Å². The van der Waals surface area contributed by atoms with Crippen molar-refractivity contribution in [2.24, 2.45) is 0 Å². The van der Waals surface area contributed by atoms with Gasteiger partial charge in [0.25, 0.3) is 5.91 Å². The van der Waals surface area contributed by atoms with Crippen molar-refractivity contribution in [1.82, 2.24) is 10.3 Å². The van der Waals surface area contributed by atoms with Gasteiger partial charge in [0.05, 0.1) is 9.90 Å². The van der Waals surface area contributed by atoms with Gasteiger partial charge in [-0.3, -0.25) is 4.79 Å². The normalized spacial score (nSPS) is 15.6. The lowest BCUT2D eigenvalue weighted by Gasteiger charge is -2.42. The fourth-order valence-electron chi connectivity index (χ4n) is 3.52. The Morgan fingerprint density at radius 2 is 1.96 bits per heavy atom. The summed E-state index contributed by atoms with van der Waals surface area (Å²) in [4.78, 5) is 16.8. The lowest BCUT2D eigenvalue weighted by atomic mass is 9.64. The molecule has 3 aromatic rings. The van der Waals surface area contributed by atoms with Gasteiger partial charge < -0.3 is 10.3 Å². The topological polar surface area (TPSA) is 44.9 Å². The maximum Gasteiger partial charge on any atom is 0.253 e. The molecule has 25 heavy (non-hydrogen) atoms. The summed E-state index contributed by atoms with van der Waals surface area (Å²) in [6, 6.07) is 14.3. The monoisotopic (exact) mass is 370 g/mol. The first kappa shape index (κ1) is 16.4. The molecule has 0 radical (unpaired) electrons. The van der Waals surface area contributed by atoms with E-state index in [4.69, 9.17) is 11.6 Å². The van der Waals surface area contributed by atoms with Crippen LogP contribution in [0.3, 0.4) is 0 Å². The second kappa shape index (κ2) is 6.70. The maximum absolute atomic E-state index is 12.8. The number of thiophene rings is 1. The van der Waals surface area contributed by atoms with Gasteiger partial charge in [-0.15, -0.1) is 11.3 Å². The minimum atomic E-state index is -0.0389. The molecule has 1 saturated carbocycles. The van der Waals surface area contributed by atoms with Gasteiger partial charge in [-0.05, 0) is 30.5 Å². The first-order chi connectivity index (χ1) is 12.2. The van der Waals surface area contributed by atoms with Crippen LogP contribution in [0.15, 0.2) is 54.9 Å². The number of amides is 1. The molecule has 1 aromatic carbocycles. The van der Waals surface area contributed by atoms with E-state index in [9.17, 15) is 4.79 Å². The fourth-order valence-corrected chi connectivity index (χ4v) is 4.60. The number of aromatic amines is 1. The molecule has 0 atom stereocenters. The average Bonchev–Trinajstić information content (AvgIpc) is 3.23. The van der Waals surface area contributed by atoms with Crippen molar-refractivity contribution in [2.45, 2.75) is 24.7 Å². The minimum Gasteiger partial charge on any atom is -0.366 e. The molecule has 0 aliphatic heterocycles. The van der Waals surface area contributed by atoms with Crippen molar-refractivity contribution in [3.05, 3.63) is 70.3 Å². The van der Waals surface area contributed by atoms with Crippen LogP contribution < -0.4 is 5.32 Å². The van der Waals surface area contributed by atoms with Gasteiger partial charge in [-0.2, -0.15) is 0 Å². The fraction of sp³-hybridized carbons (Fsp3) is 0.250. The molecule has 2 aromatic heterocycles. The molecule has 1 amide bonds. The summed E-state index contributed by atoms with van der Waals surface area (Å²) >= 11 is 7.51. The number of benzene rings is 1. The van der Waals surface area contributed by atoms with Crippen LogP contribution in [0.4, 0.5) is 0 Å². The molecular weight excluding hydrogens is 352 g/mol. The molecule has 3 nitrogen and oxygen atoms in total. The van der Waals surface area contributed by atoms with Crippen LogP contribution in [0.5, 0.6) is 0 Å². The molecule has 0 bridgehead atoms. The van der Waals surface area contributed by atoms with Gasteiger partial charge in [-0.1, -0.05) is 48.4 Å². The highest BCUT2D eigenvalue weighted by Crippen LogP contribution is 2.43. The SMILES string of the molecule is O=C(NCC1(c2ccccc2)CCC1)c1c[nH]cc1-c1ccc(Cl)s1. The van der Waals surface area contributed by atoms with Crippen LogP contribution in [-0.4, -0.2) is 17.4 Å². The van der Waals surface area contributed by atoms with E-state index in [0.29, 0.717) is 12.1 Å². The number of carbonyl (C=O) groups excluding carboxylic acids is 1. The maximum atomic E-state index is 12.8. The molecule has 4 rings (SSSR count). The molecule has 0 saturated heterocycles. The minimum absolute atomic E-state index is 0.0389. The van der Waals surface area contributed by atoms with E-state index in [-0.39, 0.29) is 11.3 Å². The van der Waals surface area contributed by atoms with Crippen molar-refractivity contribution in [2.75, 3.05) is 6.54 Å². The number of hydrogen-bond acceptors (Lipinski definition) is 2. The molecule has 5 heteroatoms. The predicted octanol–water partition coefficient (Wildman–Crippen LogP) is 5.25. The summed E-state index contributed by atoms with van der Waals surface area (Å²) in [5.74, 6) is -0.0389. The Hall–Kier alpha value is -2.04. The van der Waals surface area contributed by atoms with Crippen LogP contribution in [0.25, 0.3) is 10.4 Å². The third-order valence-electron chi connectivity index (χ3n) is 5.11. The number of rotatable bonds is 5. The largest absolute Gasteiger partial charge is 0.366 e. The Kier molecular flexibility index (Phi) is 4.40. The first-order valence-corrected chi connectivity index (χ1v) is 9.64. The number of halogens is 1. The summed E-state index contributed by atoms with van der Waals surface area (Å²) in [5.41, 5.74) is 2.97. The summed E-state index contributed by atoms with van der Waals surface area (Å²) in [6.45, 7) is 0.672. The van der Waals surface area contributed by atoms with Crippen molar-refractivity contribution in [3.8, 4) is 10.4 Å². The van der Waals surface area contributed by atoms with Crippen LogP contribution in [0.1, 0.15) is 35.2 Å². The van der Waals surface area contributed by atoms with E-state index >= 15 is 0 Å². The number of hydrogen-bond donors (Lipinski definition) is 2. The Labute approximate surface area is 156 Å². The standard InChI is InChI=1S/C20H19ClN2OS/c21-18-8-7-17(25-18)15-11-22-12-16(15)19(24)23-13-20(9-4-10-20)14-5-2-1-3-6-14/h1-3,5-8,11-12,22H,4,9-10,13H2,(H,23,24). The van der Waals surface area contributed by atoms with E-state index in [1.807, 2.05) is 24.4 Å². The Morgan fingerprint density at radius 3 is 2.60 bits per heavy atom. The van der Waals surface area contributed by atoms with Crippen LogP contribution >= 0.6 is 22.9 Å². The molecule has 2 heterocycles. The highest BCUT2D eigenvalue weighted by Gasteiger charge is 2.38. The molecule has 128 valence electrons. The smallest absolute Gasteiger partial charge is 0.253 e. The number of H-pyrrole nitrogens is 1.